The number of hydrogen-bond donors (Lipinski definition) is 0. The summed E-state index contributed by atoms with van der Waals surface area (Å²) in [5.41, 5.74) is 22.5. The van der Waals surface area contributed by atoms with Gasteiger partial charge in [-0.25, -0.2) is 0 Å². The SMILES string of the molecule is CC1(C)c2ccccc2-c2c(N(c3ccc(-c4ccc(-n5c6ccccc6c6cc(-c7ccccc7)ccc65)cc4)cc3)c3cccc4c3-c3ccccc3C4(C)C)cccc21. The first-order valence-electron chi connectivity index (χ1n) is 21.9. The lowest BCUT2D eigenvalue weighted by molar-refractivity contribution is 0.660. The number of hydrogen-bond acceptors (Lipinski definition) is 1. The van der Waals surface area contributed by atoms with Crippen molar-refractivity contribution in [1.29, 1.82) is 0 Å². The fourth-order valence-corrected chi connectivity index (χ4v) is 10.9. The van der Waals surface area contributed by atoms with E-state index >= 15 is 0 Å². The summed E-state index contributed by atoms with van der Waals surface area (Å²) in [5.74, 6) is 0. The van der Waals surface area contributed by atoms with Crippen molar-refractivity contribution in [2.45, 2.75) is 38.5 Å². The second-order valence-corrected chi connectivity index (χ2v) is 18.1. The van der Waals surface area contributed by atoms with Gasteiger partial charge >= 0.3 is 0 Å². The van der Waals surface area contributed by atoms with Crippen molar-refractivity contribution in [3.05, 3.63) is 229 Å². The Morgan fingerprint density at radius 1 is 0.355 bits per heavy atom. The fraction of sp³-hybridized carbons (Fsp3) is 0.100. The largest absolute Gasteiger partial charge is 0.309 e. The summed E-state index contributed by atoms with van der Waals surface area (Å²) in [6, 6.07) is 76.4. The van der Waals surface area contributed by atoms with E-state index in [9.17, 15) is 0 Å². The van der Waals surface area contributed by atoms with Crippen LogP contribution >= 0.6 is 0 Å². The van der Waals surface area contributed by atoms with Gasteiger partial charge < -0.3 is 9.47 Å². The highest BCUT2D eigenvalue weighted by Gasteiger charge is 2.40. The van der Waals surface area contributed by atoms with Crippen molar-refractivity contribution in [3.63, 3.8) is 0 Å². The molecule has 0 N–H and O–H groups in total. The standard InChI is InChI=1S/C60H46N2/c1-59(2)49-21-11-8-19-46(49)57-51(59)23-14-26-55(57)62(56-27-15-24-52-58(56)47-20-9-12-22-50(47)60(52,3)4)44-35-30-41(31-36-44)40-28-33-43(34-29-40)61-53-25-13-10-18-45(53)48-38-42(32-37-54(48)61)39-16-6-5-7-17-39/h5-38H,1-4H3. The van der Waals surface area contributed by atoms with E-state index in [0.29, 0.717) is 0 Å². The fourth-order valence-electron chi connectivity index (χ4n) is 10.9. The van der Waals surface area contributed by atoms with Crippen LogP contribution in [0.1, 0.15) is 49.9 Å². The Kier molecular flexibility index (Phi) is 7.96. The van der Waals surface area contributed by atoms with Gasteiger partial charge in [0.05, 0.1) is 22.4 Å². The number of aromatic nitrogens is 1. The zero-order valence-electron chi connectivity index (χ0n) is 35.5. The molecule has 0 saturated carbocycles. The summed E-state index contributed by atoms with van der Waals surface area (Å²) in [6.07, 6.45) is 0. The van der Waals surface area contributed by atoms with E-state index in [2.05, 4.69) is 243 Å². The Morgan fingerprint density at radius 2 is 0.823 bits per heavy atom. The lowest BCUT2D eigenvalue weighted by Crippen LogP contribution is -2.17. The van der Waals surface area contributed by atoms with Crippen LogP contribution in [0.3, 0.4) is 0 Å². The van der Waals surface area contributed by atoms with Gasteiger partial charge in [-0.1, -0.05) is 179 Å². The van der Waals surface area contributed by atoms with Crippen LogP contribution in [0.4, 0.5) is 17.1 Å². The lowest BCUT2D eigenvalue weighted by Gasteiger charge is -2.31. The van der Waals surface area contributed by atoms with E-state index in [1.165, 1.54) is 99.9 Å². The second-order valence-electron chi connectivity index (χ2n) is 18.1. The molecule has 1 aromatic heterocycles. The first-order chi connectivity index (χ1) is 30.3. The van der Waals surface area contributed by atoms with Gasteiger partial charge in [0.25, 0.3) is 0 Å². The molecule has 2 heteroatoms. The molecule has 2 aliphatic rings. The van der Waals surface area contributed by atoms with Crippen LogP contribution in [0.15, 0.2) is 206 Å². The summed E-state index contributed by atoms with van der Waals surface area (Å²) >= 11 is 0. The van der Waals surface area contributed by atoms with Gasteiger partial charge in [0.1, 0.15) is 0 Å². The Morgan fingerprint density at radius 3 is 1.44 bits per heavy atom. The monoisotopic (exact) mass is 794 g/mol. The molecule has 1 heterocycles. The molecule has 10 aromatic rings. The van der Waals surface area contributed by atoms with Gasteiger partial charge in [-0.15, -0.1) is 0 Å². The number of anilines is 3. The van der Waals surface area contributed by atoms with Crippen LogP contribution in [-0.2, 0) is 10.8 Å². The Hall–Kier alpha value is -7.42. The highest BCUT2D eigenvalue weighted by molar-refractivity contribution is 6.10. The van der Waals surface area contributed by atoms with Gasteiger partial charge in [-0.3, -0.25) is 0 Å². The third-order valence-corrected chi connectivity index (χ3v) is 14.0. The number of benzene rings is 9. The molecule has 0 unspecified atom stereocenters. The average molecular weight is 795 g/mol. The van der Waals surface area contributed by atoms with Crippen molar-refractivity contribution in [2.75, 3.05) is 4.90 Å². The predicted molar refractivity (Wildman–Crippen MR) is 261 cm³/mol. The normalized spacial score (nSPS) is 14.1. The predicted octanol–water partition coefficient (Wildman–Crippen LogP) is 16.2. The van der Waals surface area contributed by atoms with Crippen LogP contribution < -0.4 is 4.90 Å². The van der Waals surface area contributed by atoms with Crippen molar-refractivity contribution in [1.82, 2.24) is 4.57 Å². The minimum absolute atomic E-state index is 0.110. The molecule has 2 nitrogen and oxygen atoms in total. The molecule has 2 aliphatic carbocycles. The third kappa shape index (κ3) is 5.29. The topological polar surface area (TPSA) is 8.17 Å². The van der Waals surface area contributed by atoms with Gasteiger partial charge in [-0.05, 0) is 110 Å². The summed E-state index contributed by atoms with van der Waals surface area (Å²) in [6.45, 7) is 9.48. The molecule has 0 radical (unpaired) electrons. The number of rotatable bonds is 6. The zero-order chi connectivity index (χ0) is 41.7. The maximum atomic E-state index is 2.53. The van der Waals surface area contributed by atoms with Crippen LogP contribution in [-0.4, -0.2) is 4.57 Å². The molecule has 0 aliphatic heterocycles. The van der Waals surface area contributed by atoms with Crippen LogP contribution in [0.5, 0.6) is 0 Å². The first kappa shape index (κ1) is 36.4. The van der Waals surface area contributed by atoms with E-state index < -0.39 is 0 Å². The highest BCUT2D eigenvalue weighted by atomic mass is 15.1. The maximum absolute atomic E-state index is 2.53. The van der Waals surface area contributed by atoms with Gasteiger partial charge in [-0.2, -0.15) is 0 Å². The minimum Gasteiger partial charge on any atom is -0.309 e. The molecule has 0 bridgehead atoms. The van der Waals surface area contributed by atoms with E-state index in [0.717, 1.165) is 11.4 Å². The highest BCUT2D eigenvalue weighted by Crippen LogP contribution is 2.58. The number of fused-ring (bicyclic) bond motifs is 9. The number of nitrogens with zero attached hydrogens (tertiary/aromatic N) is 2. The molecular weight excluding hydrogens is 749 g/mol. The summed E-state index contributed by atoms with van der Waals surface area (Å²) in [4.78, 5) is 2.53. The quantitative estimate of drug-likeness (QED) is 0.163. The summed E-state index contributed by atoms with van der Waals surface area (Å²) in [5, 5.41) is 2.52. The van der Waals surface area contributed by atoms with Gasteiger partial charge in [0.2, 0.25) is 0 Å². The molecule has 9 aromatic carbocycles. The second kappa shape index (κ2) is 13.5. The van der Waals surface area contributed by atoms with Crippen molar-refractivity contribution in [2.24, 2.45) is 0 Å². The molecule has 296 valence electrons. The molecule has 12 rings (SSSR count). The summed E-state index contributed by atoms with van der Waals surface area (Å²) in [7, 11) is 0. The Labute approximate surface area is 364 Å². The molecule has 0 spiro atoms. The van der Waals surface area contributed by atoms with Crippen molar-refractivity contribution in [3.8, 4) is 50.2 Å². The van der Waals surface area contributed by atoms with E-state index in [-0.39, 0.29) is 10.8 Å². The van der Waals surface area contributed by atoms with Gasteiger partial charge in [0.15, 0.2) is 0 Å². The molecular formula is C60H46N2. The van der Waals surface area contributed by atoms with E-state index in [1.807, 2.05) is 0 Å². The van der Waals surface area contributed by atoms with Crippen LogP contribution in [0, 0.1) is 0 Å². The third-order valence-electron chi connectivity index (χ3n) is 14.0. The van der Waals surface area contributed by atoms with E-state index in [1.54, 1.807) is 0 Å². The first-order valence-corrected chi connectivity index (χ1v) is 21.9. The lowest BCUT2D eigenvalue weighted by atomic mass is 9.82. The molecule has 0 atom stereocenters. The van der Waals surface area contributed by atoms with Crippen molar-refractivity contribution >= 4 is 38.9 Å². The Balaban J connectivity index is 0.974. The molecule has 62 heavy (non-hydrogen) atoms. The maximum Gasteiger partial charge on any atom is 0.0543 e. The minimum atomic E-state index is -0.110. The molecule has 0 amide bonds. The van der Waals surface area contributed by atoms with Crippen LogP contribution in [0.25, 0.3) is 72.0 Å². The average Bonchev–Trinajstić information content (AvgIpc) is 3.87. The number of para-hydroxylation sites is 1. The van der Waals surface area contributed by atoms with Crippen molar-refractivity contribution < 1.29 is 0 Å². The van der Waals surface area contributed by atoms with Crippen LogP contribution in [0.2, 0.25) is 0 Å². The van der Waals surface area contributed by atoms with Gasteiger partial charge in [0, 0.05) is 44.1 Å². The zero-order valence-corrected chi connectivity index (χ0v) is 35.5. The molecule has 0 saturated heterocycles. The van der Waals surface area contributed by atoms with E-state index in [4.69, 9.17) is 0 Å². The smallest absolute Gasteiger partial charge is 0.0543 e. The Bertz CT molecular complexity index is 3280. The summed E-state index contributed by atoms with van der Waals surface area (Å²) < 4.78 is 2.40. The molecule has 0 fully saturated rings.